The highest BCUT2D eigenvalue weighted by molar-refractivity contribution is 5.91. The number of carboxylic acid groups (broad SMARTS) is 1. The fourth-order valence-corrected chi connectivity index (χ4v) is 5.17. The Morgan fingerprint density at radius 2 is 1.68 bits per heavy atom. The lowest BCUT2D eigenvalue weighted by atomic mass is 9.98. The molecular formula is C26H30N2O6. The largest absolute Gasteiger partial charge is 0.481 e. The summed E-state index contributed by atoms with van der Waals surface area (Å²) in [6.07, 6.45) is -0.354. The van der Waals surface area contributed by atoms with Crippen LogP contribution in [0.5, 0.6) is 0 Å². The summed E-state index contributed by atoms with van der Waals surface area (Å²) in [4.78, 5) is 39.1. The predicted octanol–water partition coefficient (Wildman–Crippen LogP) is 3.25. The van der Waals surface area contributed by atoms with Gasteiger partial charge in [0.05, 0.1) is 12.5 Å². The van der Waals surface area contributed by atoms with Crippen molar-refractivity contribution in [3.63, 3.8) is 0 Å². The molecule has 1 fully saturated rings. The molecule has 2 amide bonds. The molecule has 34 heavy (non-hydrogen) atoms. The standard InChI is InChI=1S/C26H30N2O6/c1-16-17(23(29)30)12-13-28(16)24(31)26(2,15-33-3)27-25(32)34-14-22-20-10-6-4-8-18(20)19-9-5-7-11-21(19)22/h4-11,16-17,22H,12-15H2,1-3H3,(H,27,32)(H,29,30). The Balaban J connectivity index is 1.46. The first kappa shape index (κ1) is 23.8. The highest BCUT2D eigenvalue weighted by Gasteiger charge is 2.46. The van der Waals surface area contributed by atoms with Crippen LogP contribution in [0.2, 0.25) is 0 Å². The average Bonchev–Trinajstić information content (AvgIpc) is 3.35. The minimum Gasteiger partial charge on any atom is -0.481 e. The van der Waals surface area contributed by atoms with Gasteiger partial charge in [0, 0.05) is 25.6 Å². The van der Waals surface area contributed by atoms with E-state index in [1.54, 1.807) is 13.8 Å². The molecule has 1 aliphatic heterocycles. The normalized spacial score (nSPS) is 20.9. The second kappa shape index (κ2) is 9.46. The number of hydrogen-bond donors (Lipinski definition) is 2. The Kier molecular flexibility index (Phi) is 6.61. The van der Waals surface area contributed by atoms with Gasteiger partial charge < -0.3 is 24.8 Å². The summed E-state index contributed by atoms with van der Waals surface area (Å²) in [7, 11) is 1.44. The van der Waals surface area contributed by atoms with Crippen molar-refractivity contribution in [2.24, 2.45) is 5.92 Å². The number of hydrogen-bond acceptors (Lipinski definition) is 5. The molecule has 1 heterocycles. The molecule has 0 spiro atoms. The van der Waals surface area contributed by atoms with Gasteiger partial charge in [-0.1, -0.05) is 48.5 Å². The third kappa shape index (κ3) is 4.25. The second-order valence-corrected chi connectivity index (χ2v) is 9.19. The third-order valence-corrected chi connectivity index (χ3v) is 6.96. The van der Waals surface area contributed by atoms with E-state index in [9.17, 15) is 19.5 Å². The molecule has 180 valence electrons. The fraction of sp³-hybridized carbons (Fsp3) is 0.423. The van der Waals surface area contributed by atoms with Gasteiger partial charge in [0.2, 0.25) is 0 Å². The van der Waals surface area contributed by atoms with Crippen molar-refractivity contribution in [2.45, 2.75) is 37.8 Å². The van der Waals surface area contributed by atoms with Crippen LogP contribution in [-0.4, -0.2) is 66.4 Å². The number of nitrogens with zero attached hydrogens (tertiary/aromatic N) is 1. The number of carboxylic acids is 1. The smallest absolute Gasteiger partial charge is 0.408 e. The van der Waals surface area contributed by atoms with Crippen molar-refractivity contribution < 1.29 is 29.0 Å². The number of ether oxygens (including phenoxy) is 2. The summed E-state index contributed by atoms with van der Waals surface area (Å²) < 4.78 is 10.8. The number of aliphatic carboxylic acids is 1. The zero-order valence-corrected chi connectivity index (χ0v) is 19.6. The van der Waals surface area contributed by atoms with E-state index in [1.807, 2.05) is 36.4 Å². The molecule has 0 saturated carbocycles. The first-order valence-corrected chi connectivity index (χ1v) is 11.4. The van der Waals surface area contributed by atoms with Crippen molar-refractivity contribution in [1.82, 2.24) is 10.2 Å². The van der Waals surface area contributed by atoms with Crippen LogP contribution >= 0.6 is 0 Å². The lowest BCUT2D eigenvalue weighted by Gasteiger charge is -2.35. The van der Waals surface area contributed by atoms with Crippen LogP contribution in [-0.2, 0) is 19.1 Å². The Hall–Kier alpha value is -3.39. The van der Waals surface area contributed by atoms with Crippen LogP contribution in [0, 0.1) is 5.92 Å². The number of likely N-dealkylation sites (tertiary alicyclic amines) is 1. The Morgan fingerprint density at radius 1 is 1.09 bits per heavy atom. The molecule has 0 bridgehead atoms. The van der Waals surface area contributed by atoms with Gasteiger partial charge in [-0.3, -0.25) is 9.59 Å². The van der Waals surface area contributed by atoms with E-state index in [2.05, 4.69) is 17.4 Å². The summed E-state index contributed by atoms with van der Waals surface area (Å²) in [5.74, 6) is -2.05. The van der Waals surface area contributed by atoms with Gasteiger partial charge in [-0.25, -0.2) is 4.79 Å². The summed E-state index contributed by atoms with van der Waals surface area (Å²) in [5.41, 5.74) is 3.06. The van der Waals surface area contributed by atoms with Gasteiger partial charge in [-0.05, 0) is 42.5 Å². The van der Waals surface area contributed by atoms with Crippen LogP contribution in [0.1, 0.15) is 37.3 Å². The van der Waals surface area contributed by atoms with E-state index in [1.165, 1.54) is 12.0 Å². The topological polar surface area (TPSA) is 105 Å². The number of carbonyl (C=O) groups excluding carboxylic acids is 2. The average molecular weight is 467 g/mol. The number of benzene rings is 2. The number of rotatable bonds is 7. The number of methoxy groups -OCH3 is 1. The van der Waals surface area contributed by atoms with Crippen LogP contribution < -0.4 is 5.32 Å². The number of nitrogens with one attached hydrogen (secondary N) is 1. The predicted molar refractivity (Wildman–Crippen MR) is 125 cm³/mol. The van der Waals surface area contributed by atoms with Crippen molar-refractivity contribution in [1.29, 1.82) is 0 Å². The van der Waals surface area contributed by atoms with E-state index in [0.29, 0.717) is 13.0 Å². The maximum atomic E-state index is 13.3. The molecule has 4 rings (SSSR count). The summed E-state index contributed by atoms with van der Waals surface area (Å²) in [6, 6.07) is 15.6. The van der Waals surface area contributed by atoms with Gasteiger partial charge in [-0.2, -0.15) is 0 Å². The molecule has 3 atom stereocenters. The Bertz CT molecular complexity index is 1060. The van der Waals surface area contributed by atoms with Crippen molar-refractivity contribution in [3.8, 4) is 11.1 Å². The SMILES string of the molecule is COCC(C)(NC(=O)OCC1c2ccccc2-c2ccccc21)C(=O)N1CCC(C(=O)O)C1C. The second-order valence-electron chi connectivity index (χ2n) is 9.19. The van der Waals surface area contributed by atoms with E-state index in [0.717, 1.165) is 22.3 Å². The number of fused-ring (bicyclic) bond motifs is 3. The minimum atomic E-state index is -1.39. The number of amides is 2. The lowest BCUT2D eigenvalue weighted by Crippen LogP contribution is -2.61. The molecular weight excluding hydrogens is 436 g/mol. The van der Waals surface area contributed by atoms with Crippen molar-refractivity contribution >= 4 is 18.0 Å². The van der Waals surface area contributed by atoms with Crippen LogP contribution in [0.3, 0.4) is 0 Å². The minimum absolute atomic E-state index is 0.0724. The van der Waals surface area contributed by atoms with E-state index in [4.69, 9.17) is 9.47 Å². The molecule has 8 nitrogen and oxygen atoms in total. The molecule has 0 radical (unpaired) electrons. The van der Waals surface area contributed by atoms with Crippen molar-refractivity contribution in [2.75, 3.05) is 26.9 Å². The molecule has 0 aromatic heterocycles. The summed E-state index contributed by atoms with van der Waals surface area (Å²) >= 11 is 0. The third-order valence-electron chi connectivity index (χ3n) is 6.96. The monoisotopic (exact) mass is 466 g/mol. The van der Waals surface area contributed by atoms with E-state index in [-0.39, 0.29) is 25.0 Å². The molecule has 2 N–H and O–H groups in total. The van der Waals surface area contributed by atoms with Gasteiger partial charge in [0.1, 0.15) is 12.1 Å². The number of alkyl carbamates (subject to hydrolysis) is 1. The molecule has 2 aromatic rings. The molecule has 3 unspecified atom stereocenters. The first-order valence-electron chi connectivity index (χ1n) is 11.4. The van der Waals surface area contributed by atoms with Gasteiger partial charge in [0.15, 0.2) is 0 Å². The lowest BCUT2D eigenvalue weighted by molar-refractivity contribution is -0.145. The highest BCUT2D eigenvalue weighted by atomic mass is 16.5. The number of carbonyl (C=O) groups is 3. The van der Waals surface area contributed by atoms with Gasteiger partial charge >= 0.3 is 12.1 Å². The molecule has 1 aliphatic carbocycles. The van der Waals surface area contributed by atoms with E-state index >= 15 is 0 Å². The molecule has 2 aliphatic rings. The molecule has 8 heteroatoms. The molecule has 1 saturated heterocycles. The highest BCUT2D eigenvalue weighted by Crippen LogP contribution is 2.44. The van der Waals surface area contributed by atoms with Gasteiger partial charge in [-0.15, -0.1) is 0 Å². The van der Waals surface area contributed by atoms with Crippen molar-refractivity contribution in [3.05, 3.63) is 59.7 Å². The summed E-state index contributed by atoms with van der Waals surface area (Å²) in [6.45, 7) is 3.64. The van der Waals surface area contributed by atoms with Gasteiger partial charge in [0.25, 0.3) is 5.91 Å². The first-order chi connectivity index (χ1) is 16.3. The van der Waals surface area contributed by atoms with Crippen LogP contribution in [0.25, 0.3) is 11.1 Å². The Morgan fingerprint density at radius 3 is 2.21 bits per heavy atom. The molecule has 2 aromatic carbocycles. The van der Waals surface area contributed by atoms with Crippen LogP contribution in [0.15, 0.2) is 48.5 Å². The van der Waals surface area contributed by atoms with Crippen LogP contribution in [0.4, 0.5) is 4.79 Å². The Labute approximate surface area is 198 Å². The van der Waals surface area contributed by atoms with E-state index < -0.39 is 29.6 Å². The quantitative estimate of drug-likeness (QED) is 0.649. The maximum absolute atomic E-state index is 13.3. The summed E-state index contributed by atoms with van der Waals surface area (Å²) in [5, 5.41) is 12.1. The zero-order valence-electron chi connectivity index (χ0n) is 19.6. The maximum Gasteiger partial charge on any atom is 0.408 e. The zero-order chi connectivity index (χ0) is 24.5. The fourth-order valence-electron chi connectivity index (χ4n) is 5.17.